The summed E-state index contributed by atoms with van der Waals surface area (Å²) >= 11 is 2.19. The van der Waals surface area contributed by atoms with Crippen LogP contribution in [0.4, 0.5) is 5.69 Å². The first-order valence-corrected chi connectivity index (χ1v) is 9.90. The van der Waals surface area contributed by atoms with E-state index in [1.807, 2.05) is 30.3 Å². The van der Waals surface area contributed by atoms with Crippen molar-refractivity contribution in [2.75, 3.05) is 11.5 Å². The van der Waals surface area contributed by atoms with Crippen molar-refractivity contribution in [3.05, 3.63) is 93.3 Å². The molecule has 0 aliphatic rings. The van der Waals surface area contributed by atoms with Gasteiger partial charge in [-0.25, -0.2) is 4.79 Å². The van der Waals surface area contributed by atoms with Crippen LogP contribution in [0.5, 0.6) is 0 Å². The number of carbonyl (C=O) groups is 2. The smallest absolute Gasteiger partial charge is 0.338 e. The van der Waals surface area contributed by atoms with E-state index in [0.29, 0.717) is 30.0 Å². The lowest BCUT2D eigenvalue weighted by Gasteiger charge is -2.23. The third kappa shape index (κ3) is 4.95. The van der Waals surface area contributed by atoms with Gasteiger partial charge in [0.2, 0.25) is 0 Å². The highest BCUT2D eigenvalue weighted by atomic mass is 127. The van der Waals surface area contributed by atoms with Crippen molar-refractivity contribution < 1.29 is 14.3 Å². The van der Waals surface area contributed by atoms with Crippen molar-refractivity contribution in [2.45, 2.75) is 13.5 Å². The maximum atomic E-state index is 13.2. The Bertz CT molecular complexity index is 959. The number of carbonyl (C=O) groups excluding carboxylic acids is 2. The molecule has 3 rings (SSSR count). The van der Waals surface area contributed by atoms with Crippen LogP contribution in [0, 0.1) is 3.57 Å². The first kappa shape index (κ1) is 20.0. The molecule has 0 unspecified atom stereocenters. The lowest BCUT2D eigenvalue weighted by atomic mass is 10.1. The van der Waals surface area contributed by atoms with Crippen LogP contribution in [0.25, 0.3) is 0 Å². The molecule has 0 atom stereocenters. The van der Waals surface area contributed by atoms with Crippen LogP contribution in [-0.4, -0.2) is 23.5 Å². The third-order valence-electron chi connectivity index (χ3n) is 4.07. The van der Waals surface area contributed by atoms with Crippen molar-refractivity contribution in [3.63, 3.8) is 0 Å². The molecule has 0 radical (unpaired) electrons. The minimum absolute atomic E-state index is 0.119. The van der Waals surface area contributed by atoms with Crippen LogP contribution in [0.3, 0.4) is 0 Å². The van der Waals surface area contributed by atoms with Gasteiger partial charge in [-0.15, -0.1) is 0 Å². The van der Waals surface area contributed by atoms with E-state index < -0.39 is 0 Å². The molecule has 5 nitrogen and oxygen atoms in total. The molecule has 0 aliphatic carbocycles. The fourth-order valence-corrected chi connectivity index (χ4v) is 3.27. The molecule has 0 spiro atoms. The first-order valence-electron chi connectivity index (χ1n) is 8.82. The number of hydrogen-bond donors (Lipinski definition) is 0. The van der Waals surface area contributed by atoms with Crippen LogP contribution in [0.1, 0.15) is 33.2 Å². The molecule has 1 aromatic heterocycles. The van der Waals surface area contributed by atoms with Gasteiger partial charge in [0.15, 0.2) is 0 Å². The van der Waals surface area contributed by atoms with Crippen molar-refractivity contribution in [1.82, 2.24) is 4.98 Å². The minimum atomic E-state index is -0.378. The van der Waals surface area contributed by atoms with Gasteiger partial charge in [0.25, 0.3) is 5.91 Å². The van der Waals surface area contributed by atoms with Crippen LogP contribution in [0.15, 0.2) is 73.1 Å². The number of halogens is 1. The minimum Gasteiger partial charge on any atom is -0.462 e. The molecule has 0 saturated heterocycles. The summed E-state index contributed by atoms with van der Waals surface area (Å²) < 4.78 is 6.01. The zero-order valence-corrected chi connectivity index (χ0v) is 17.5. The van der Waals surface area contributed by atoms with E-state index in [1.54, 1.807) is 54.5 Å². The number of nitrogens with zero attached hydrogens (tertiary/aromatic N) is 2. The Hall–Kier alpha value is -2.74. The molecule has 1 heterocycles. The topological polar surface area (TPSA) is 59.5 Å². The van der Waals surface area contributed by atoms with Gasteiger partial charge in [-0.1, -0.05) is 12.1 Å². The van der Waals surface area contributed by atoms with E-state index in [0.717, 1.165) is 9.13 Å². The maximum Gasteiger partial charge on any atom is 0.338 e. The van der Waals surface area contributed by atoms with Crippen molar-refractivity contribution in [2.24, 2.45) is 0 Å². The lowest BCUT2D eigenvalue weighted by molar-refractivity contribution is 0.0526. The average Bonchev–Trinajstić information content (AvgIpc) is 2.72. The molecule has 0 fully saturated rings. The van der Waals surface area contributed by atoms with Gasteiger partial charge in [0.05, 0.1) is 18.7 Å². The number of ether oxygens (including phenoxy) is 1. The molecule has 1 amide bonds. The van der Waals surface area contributed by atoms with Crippen molar-refractivity contribution in [3.8, 4) is 0 Å². The van der Waals surface area contributed by atoms with Crippen molar-refractivity contribution >= 4 is 40.2 Å². The standard InChI is InChI=1S/C22H19IN2O3/c1-2-28-22(27)17-8-10-20(11-9-17)25(15-16-5-4-12-24-14-16)21(26)18-6-3-7-19(23)13-18/h3-14H,2,15H2,1H3. The Morgan fingerprint density at radius 3 is 2.46 bits per heavy atom. The number of pyridine rings is 1. The van der Waals surface area contributed by atoms with Gasteiger partial charge in [0.1, 0.15) is 0 Å². The zero-order valence-electron chi connectivity index (χ0n) is 15.3. The molecule has 142 valence electrons. The van der Waals surface area contributed by atoms with Gasteiger partial charge in [0, 0.05) is 27.2 Å². The second-order valence-electron chi connectivity index (χ2n) is 6.03. The summed E-state index contributed by atoms with van der Waals surface area (Å²) in [6, 6.07) is 18.1. The lowest BCUT2D eigenvalue weighted by Crippen LogP contribution is -2.30. The summed E-state index contributed by atoms with van der Waals surface area (Å²) in [5.41, 5.74) is 2.66. The molecular weight excluding hydrogens is 467 g/mol. The Balaban J connectivity index is 1.94. The Kier molecular flexibility index (Phi) is 6.76. The molecule has 2 aromatic carbocycles. The number of hydrogen-bond acceptors (Lipinski definition) is 4. The van der Waals surface area contributed by atoms with E-state index in [4.69, 9.17) is 4.74 Å². The quantitative estimate of drug-likeness (QED) is 0.374. The number of benzene rings is 2. The molecule has 0 bridgehead atoms. The Morgan fingerprint density at radius 1 is 1.04 bits per heavy atom. The highest BCUT2D eigenvalue weighted by Crippen LogP contribution is 2.22. The summed E-state index contributed by atoms with van der Waals surface area (Å²) in [6.07, 6.45) is 3.44. The zero-order chi connectivity index (χ0) is 19.9. The summed E-state index contributed by atoms with van der Waals surface area (Å²) in [6.45, 7) is 2.46. The first-order chi connectivity index (χ1) is 13.6. The molecule has 6 heteroatoms. The summed E-state index contributed by atoms with van der Waals surface area (Å²) in [7, 11) is 0. The number of amides is 1. The fraction of sp³-hybridized carbons (Fsp3) is 0.136. The highest BCUT2D eigenvalue weighted by molar-refractivity contribution is 14.1. The van der Waals surface area contributed by atoms with E-state index in [9.17, 15) is 9.59 Å². The number of aromatic nitrogens is 1. The summed E-state index contributed by atoms with van der Waals surface area (Å²) in [4.78, 5) is 30.9. The molecule has 0 N–H and O–H groups in total. The van der Waals surface area contributed by atoms with Gasteiger partial charge < -0.3 is 9.64 Å². The maximum absolute atomic E-state index is 13.2. The molecule has 0 aliphatic heterocycles. The predicted molar refractivity (Wildman–Crippen MR) is 116 cm³/mol. The molecular formula is C22H19IN2O3. The largest absolute Gasteiger partial charge is 0.462 e. The second kappa shape index (κ2) is 9.45. The average molecular weight is 486 g/mol. The van der Waals surface area contributed by atoms with Gasteiger partial charge in [-0.2, -0.15) is 0 Å². The van der Waals surface area contributed by atoms with Crippen LogP contribution in [0.2, 0.25) is 0 Å². The highest BCUT2D eigenvalue weighted by Gasteiger charge is 2.19. The molecule has 0 saturated carbocycles. The van der Waals surface area contributed by atoms with E-state index in [1.165, 1.54) is 0 Å². The van der Waals surface area contributed by atoms with Crippen molar-refractivity contribution in [1.29, 1.82) is 0 Å². The normalized spacial score (nSPS) is 10.4. The van der Waals surface area contributed by atoms with Gasteiger partial charge >= 0.3 is 5.97 Å². The number of rotatable bonds is 6. The predicted octanol–water partition coefficient (Wildman–Crippen LogP) is 4.71. The second-order valence-corrected chi connectivity index (χ2v) is 7.28. The number of anilines is 1. The van der Waals surface area contributed by atoms with Gasteiger partial charge in [-0.05, 0) is 83.6 Å². The SMILES string of the molecule is CCOC(=O)c1ccc(N(Cc2cccnc2)C(=O)c2cccc(I)c2)cc1. The van der Waals surface area contributed by atoms with Gasteiger partial charge in [-0.3, -0.25) is 9.78 Å². The summed E-state index contributed by atoms with van der Waals surface area (Å²) in [5, 5.41) is 0. The molecule has 3 aromatic rings. The number of esters is 1. The van der Waals surface area contributed by atoms with E-state index >= 15 is 0 Å². The third-order valence-corrected chi connectivity index (χ3v) is 4.74. The Morgan fingerprint density at radius 2 is 1.82 bits per heavy atom. The van der Waals surface area contributed by atoms with E-state index in [-0.39, 0.29) is 11.9 Å². The fourth-order valence-electron chi connectivity index (χ4n) is 2.72. The van der Waals surface area contributed by atoms with E-state index in [2.05, 4.69) is 27.6 Å². The Labute approximate surface area is 177 Å². The monoisotopic (exact) mass is 486 g/mol. The van der Waals surface area contributed by atoms with Crippen LogP contribution < -0.4 is 4.90 Å². The molecule has 28 heavy (non-hydrogen) atoms. The van der Waals surface area contributed by atoms with Crippen LogP contribution >= 0.6 is 22.6 Å². The summed E-state index contributed by atoms with van der Waals surface area (Å²) in [5.74, 6) is -0.497. The van der Waals surface area contributed by atoms with Crippen LogP contribution in [-0.2, 0) is 11.3 Å².